The number of nitrogens with one attached hydrogen (secondary N) is 1. The van der Waals surface area contributed by atoms with Gasteiger partial charge in [0.25, 0.3) is 0 Å². The van der Waals surface area contributed by atoms with Gasteiger partial charge in [-0.1, -0.05) is 0 Å². The van der Waals surface area contributed by atoms with E-state index in [1.807, 2.05) is 0 Å². The maximum absolute atomic E-state index is 10.8. The Balaban J connectivity index is 2.70. The largest absolute Gasteiger partial charge is 0.428 e. The minimum Gasteiger partial charge on any atom is -0.428 e. The molecule has 0 aliphatic heterocycles. The van der Waals surface area contributed by atoms with Gasteiger partial charge in [-0.25, -0.2) is 0 Å². The SMILES string of the molecule is Cc1nc(NC(=O)CCl)oc1C. The zero-order chi connectivity index (χ0) is 9.14. The lowest BCUT2D eigenvalue weighted by molar-refractivity contribution is -0.114. The van der Waals surface area contributed by atoms with Crippen molar-refractivity contribution in [3.8, 4) is 0 Å². The normalized spacial score (nSPS) is 9.92. The number of amides is 1. The summed E-state index contributed by atoms with van der Waals surface area (Å²) in [5.74, 6) is 0.276. The van der Waals surface area contributed by atoms with E-state index in [1.165, 1.54) is 0 Å². The van der Waals surface area contributed by atoms with Crippen molar-refractivity contribution in [2.75, 3.05) is 11.2 Å². The third-order valence-corrected chi connectivity index (χ3v) is 1.64. The summed E-state index contributed by atoms with van der Waals surface area (Å²) in [6.07, 6.45) is 0. The highest BCUT2D eigenvalue weighted by Gasteiger charge is 2.07. The lowest BCUT2D eigenvalue weighted by Gasteiger charge is -1.93. The van der Waals surface area contributed by atoms with Crippen LogP contribution in [0, 0.1) is 13.8 Å². The van der Waals surface area contributed by atoms with Gasteiger partial charge in [0.15, 0.2) is 0 Å². The fourth-order valence-electron chi connectivity index (χ4n) is 0.679. The van der Waals surface area contributed by atoms with Crippen LogP contribution < -0.4 is 5.32 Å². The number of anilines is 1. The van der Waals surface area contributed by atoms with Gasteiger partial charge in [0.2, 0.25) is 5.91 Å². The van der Waals surface area contributed by atoms with Crippen LogP contribution in [0.2, 0.25) is 0 Å². The molecule has 0 radical (unpaired) electrons. The van der Waals surface area contributed by atoms with Crippen molar-refractivity contribution < 1.29 is 9.21 Å². The van der Waals surface area contributed by atoms with Crippen LogP contribution in [0.3, 0.4) is 0 Å². The maximum Gasteiger partial charge on any atom is 0.301 e. The van der Waals surface area contributed by atoms with Crippen molar-refractivity contribution in [3.05, 3.63) is 11.5 Å². The van der Waals surface area contributed by atoms with E-state index in [2.05, 4.69) is 10.3 Å². The summed E-state index contributed by atoms with van der Waals surface area (Å²) in [7, 11) is 0. The molecule has 0 atom stereocenters. The first kappa shape index (κ1) is 9.06. The van der Waals surface area contributed by atoms with Crippen molar-refractivity contribution >= 4 is 23.5 Å². The smallest absolute Gasteiger partial charge is 0.301 e. The molecule has 0 saturated carbocycles. The molecule has 0 aliphatic rings. The lowest BCUT2D eigenvalue weighted by Crippen LogP contribution is -2.12. The average molecular weight is 189 g/mol. The lowest BCUT2D eigenvalue weighted by atomic mass is 10.4. The summed E-state index contributed by atoms with van der Waals surface area (Å²) in [5, 5.41) is 2.40. The zero-order valence-electron chi connectivity index (χ0n) is 6.85. The number of alkyl halides is 1. The first-order valence-electron chi connectivity index (χ1n) is 3.43. The second-order valence-electron chi connectivity index (χ2n) is 2.34. The van der Waals surface area contributed by atoms with E-state index in [0.717, 1.165) is 5.69 Å². The Bertz CT molecular complexity index is 276. The fraction of sp³-hybridized carbons (Fsp3) is 0.429. The predicted molar refractivity (Wildman–Crippen MR) is 45.3 cm³/mol. The molecule has 1 heterocycles. The minimum atomic E-state index is -0.321. The third-order valence-electron chi connectivity index (χ3n) is 1.40. The molecule has 1 aromatic rings. The monoisotopic (exact) mass is 188 g/mol. The third kappa shape index (κ3) is 1.98. The zero-order valence-corrected chi connectivity index (χ0v) is 7.60. The number of halogens is 1. The Morgan fingerprint density at radius 2 is 2.33 bits per heavy atom. The number of hydrogen-bond acceptors (Lipinski definition) is 3. The summed E-state index contributed by atoms with van der Waals surface area (Å²) < 4.78 is 5.09. The quantitative estimate of drug-likeness (QED) is 0.716. The number of oxazole rings is 1. The average Bonchev–Trinajstić information content (AvgIpc) is 2.31. The predicted octanol–water partition coefficient (Wildman–Crippen LogP) is 1.47. The number of rotatable bonds is 2. The molecule has 0 saturated heterocycles. The molecule has 66 valence electrons. The molecular formula is C7H9ClN2O2. The second kappa shape index (κ2) is 3.58. The number of aromatic nitrogens is 1. The van der Waals surface area contributed by atoms with Crippen LogP contribution in [0.25, 0.3) is 0 Å². The molecular weight excluding hydrogens is 180 g/mol. The molecule has 0 unspecified atom stereocenters. The highest BCUT2D eigenvalue weighted by Crippen LogP contribution is 2.12. The standard InChI is InChI=1S/C7H9ClN2O2/c1-4-5(2)12-7(9-4)10-6(11)3-8/h3H2,1-2H3,(H,9,10,11). The number of carbonyl (C=O) groups excluding carboxylic acids is 1. The molecule has 0 spiro atoms. The molecule has 4 nitrogen and oxygen atoms in total. The second-order valence-corrected chi connectivity index (χ2v) is 2.61. The van der Waals surface area contributed by atoms with Crippen molar-refractivity contribution in [3.63, 3.8) is 0 Å². The van der Waals surface area contributed by atoms with Crippen molar-refractivity contribution in [2.24, 2.45) is 0 Å². The van der Waals surface area contributed by atoms with E-state index in [9.17, 15) is 4.79 Å². The van der Waals surface area contributed by atoms with E-state index >= 15 is 0 Å². The molecule has 5 heteroatoms. The number of nitrogens with zero attached hydrogens (tertiary/aromatic N) is 1. The number of hydrogen-bond donors (Lipinski definition) is 1. The molecule has 12 heavy (non-hydrogen) atoms. The molecule has 1 amide bonds. The van der Waals surface area contributed by atoms with E-state index in [-0.39, 0.29) is 17.8 Å². The highest BCUT2D eigenvalue weighted by molar-refractivity contribution is 6.28. The molecule has 1 aromatic heterocycles. The van der Waals surface area contributed by atoms with Gasteiger partial charge in [-0.2, -0.15) is 4.98 Å². The van der Waals surface area contributed by atoms with E-state index in [4.69, 9.17) is 16.0 Å². The summed E-state index contributed by atoms with van der Waals surface area (Å²) >= 11 is 5.27. The maximum atomic E-state index is 10.8. The first-order chi connectivity index (χ1) is 5.63. The summed E-state index contributed by atoms with van der Waals surface area (Å²) in [5.41, 5.74) is 0.764. The van der Waals surface area contributed by atoms with E-state index < -0.39 is 0 Å². The molecule has 0 fully saturated rings. The van der Waals surface area contributed by atoms with Crippen LogP contribution in [0.5, 0.6) is 0 Å². The van der Waals surface area contributed by atoms with Gasteiger partial charge in [-0.15, -0.1) is 11.6 Å². The number of carbonyl (C=O) groups is 1. The topological polar surface area (TPSA) is 55.1 Å². The minimum absolute atomic E-state index is 0.0968. The summed E-state index contributed by atoms with van der Waals surface area (Å²) in [6, 6.07) is 0.204. The van der Waals surface area contributed by atoms with E-state index in [0.29, 0.717) is 5.76 Å². The Morgan fingerprint density at radius 3 is 2.75 bits per heavy atom. The fourth-order valence-corrected chi connectivity index (χ4v) is 0.746. The Labute approximate surface area is 74.9 Å². The Kier molecular flexibility index (Phi) is 2.70. The van der Waals surface area contributed by atoms with Gasteiger partial charge in [-0.3, -0.25) is 10.1 Å². The molecule has 0 aromatic carbocycles. The van der Waals surface area contributed by atoms with Crippen LogP contribution in [0.1, 0.15) is 11.5 Å². The highest BCUT2D eigenvalue weighted by atomic mass is 35.5. The van der Waals surface area contributed by atoms with Crippen LogP contribution in [-0.2, 0) is 4.79 Å². The Hall–Kier alpha value is -1.03. The summed E-state index contributed by atoms with van der Waals surface area (Å²) in [4.78, 5) is 14.7. The van der Waals surface area contributed by atoms with Crippen LogP contribution in [-0.4, -0.2) is 16.8 Å². The van der Waals surface area contributed by atoms with Gasteiger partial charge in [0.1, 0.15) is 11.6 Å². The van der Waals surface area contributed by atoms with Crippen LogP contribution in [0.4, 0.5) is 6.01 Å². The number of aryl methyl sites for hydroxylation is 2. The Morgan fingerprint density at radius 1 is 1.67 bits per heavy atom. The van der Waals surface area contributed by atoms with Gasteiger partial charge < -0.3 is 4.42 Å². The van der Waals surface area contributed by atoms with E-state index in [1.54, 1.807) is 13.8 Å². The van der Waals surface area contributed by atoms with Crippen molar-refractivity contribution in [2.45, 2.75) is 13.8 Å². The van der Waals surface area contributed by atoms with Crippen molar-refractivity contribution in [1.82, 2.24) is 4.98 Å². The summed E-state index contributed by atoms with van der Waals surface area (Å²) in [6.45, 7) is 3.58. The van der Waals surface area contributed by atoms with Gasteiger partial charge in [-0.05, 0) is 13.8 Å². The molecule has 0 bridgehead atoms. The first-order valence-corrected chi connectivity index (χ1v) is 3.96. The van der Waals surface area contributed by atoms with Crippen LogP contribution >= 0.6 is 11.6 Å². The van der Waals surface area contributed by atoms with Gasteiger partial charge >= 0.3 is 6.01 Å². The molecule has 1 N–H and O–H groups in total. The van der Waals surface area contributed by atoms with Gasteiger partial charge in [0.05, 0.1) is 5.69 Å². The van der Waals surface area contributed by atoms with Crippen molar-refractivity contribution in [1.29, 1.82) is 0 Å². The van der Waals surface area contributed by atoms with Crippen LogP contribution in [0.15, 0.2) is 4.42 Å². The molecule has 1 rings (SSSR count). The molecule has 0 aliphatic carbocycles. The van der Waals surface area contributed by atoms with Gasteiger partial charge in [0, 0.05) is 0 Å².